The van der Waals surface area contributed by atoms with Crippen LogP contribution in [0.4, 0.5) is 5.69 Å². The predicted octanol–water partition coefficient (Wildman–Crippen LogP) is 1.78. The molecule has 0 radical (unpaired) electrons. The van der Waals surface area contributed by atoms with Gasteiger partial charge < -0.3 is 5.73 Å². The lowest BCUT2D eigenvalue weighted by atomic mass is 9.99. The molecule has 1 unspecified atom stereocenters. The molecule has 0 aromatic carbocycles. The van der Waals surface area contributed by atoms with Crippen molar-refractivity contribution in [3.63, 3.8) is 0 Å². The van der Waals surface area contributed by atoms with Crippen LogP contribution in [0.2, 0.25) is 0 Å². The van der Waals surface area contributed by atoms with E-state index in [0.717, 1.165) is 17.7 Å². The van der Waals surface area contributed by atoms with Crippen molar-refractivity contribution >= 4 is 17.0 Å². The first-order chi connectivity index (χ1) is 8.22. The first-order valence-corrected chi connectivity index (χ1v) is 6.34. The Bertz CT molecular complexity index is 495. The van der Waals surface area contributed by atoms with Gasteiger partial charge in [0.25, 0.3) is 0 Å². The molecule has 5 heteroatoms. The lowest BCUT2D eigenvalue weighted by Crippen LogP contribution is -2.30. The lowest BCUT2D eigenvalue weighted by Gasteiger charge is -2.16. The molecule has 90 valence electrons. The molecule has 2 heterocycles. The zero-order valence-corrected chi connectivity index (χ0v) is 10.5. The molecule has 0 bridgehead atoms. The van der Waals surface area contributed by atoms with Crippen molar-refractivity contribution in [2.45, 2.75) is 19.4 Å². The van der Waals surface area contributed by atoms with Gasteiger partial charge in [0.15, 0.2) is 0 Å². The lowest BCUT2D eigenvalue weighted by molar-refractivity contribution is 0.551. The van der Waals surface area contributed by atoms with Gasteiger partial charge in [-0.15, -0.1) is 0 Å². The Labute approximate surface area is 105 Å². The van der Waals surface area contributed by atoms with Crippen molar-refractivity contribution in [1.29, 1.82) is 0 Å². The molecule has 5 N–H and O–H groups in total. The quantitative estimate of drug-likeness (QED) is 0.569. The molecular weight excluding hydrogens is 232 g/mol. The summed E-state index contributed by atoms with van der Waals surface area (Å²) in [6, 6.07) is 1.89. The van der Waals surface area contributed by atoms with Crippen LogP contribution in [0, 0.1) is 6.92 Å². The third-order valence-electron chi connectivity index (χ3n) is 2.84. The van der Waals surface area contributed by atoms with Crippen molar-refractivity contribution < 1.29 is 0 Å². The number of nitrogen functional groups attached to an aromatic ring is 1. The van der Waals surface area contributed by atoms with Crippen molar-refractivity contribution in [1.82, 2.24) is 10.4 Å². The second-order valence-electron chi connectivity index (χ2n) is 4.01. The number of aryl methyl sites for hydroxylation is 1. The number of pyridine rings is 1. The molecule has 2 rings (SSSR count). The highest BCUT2D eigenvalue weighted by Gasteiger charge is 2.15. The van der Waals surface area contributed by atoms with Crippen LogP contribution in [0.3, 0.4) is 0 Å². The second-order valence-corrected chi connectivity index (χ2v) is 4.75. The minimum absolute atomic E-state index is 0.0766. The maximum atomic E-state index is 5.91. The zero-order valence-electron chi connectivity index (χ0n) is 9.68. The van der Waals surface area contributed by atoms with Gasteiger partial charge in [0.05, 0.1) is 6.04 Å². The summed E-state index contributed by atoms with van der Waals surface area (Å²) in [7, 11) is 0. The van der Waals surface area contributed by atoms with Gasteiger partial charge in [-0.3, -0.25) is 16.3 Å². The van der Waals surface area contributed by atoms with Crippen molar-refractivity contribution in [3.05, 3.63) is 45.9 Å². The van der Waals surface area contributed by atoms with Crippen molar-refractivity contribution in [3.8, 4) is 0 Å². The van der Waals surface area contributed by atoms with Gasteiger partial charge >= 0.3 is 0 Å². The molecule has 0 saturated heterocycles. The van der Waals surface area contributed by atoms with Crippen molar-refractivity contribution in [2.75, 3.05) is 5.73 Å². The van der Waals surface area contributed by atoms with Gasteiger partial charge in [-0.1, -0.05) is 0 Å². The SMILES string of the molecule is Cc1cscc1C(Cc1cnccc1N)NN. The summed E-state index contributed by atoms with van der Waals surface area (Å²) in [5, 5.41) is 4.23. The Balaban J connectivity index is 2.22. The topological polar surface area (TPSA) is 77.0 Å². The summed E-state index contributed by atoms with van der Waals surface area (Å²) in [6.45, 7) is 2.09. The number of nitrogens with zero attached hydrogens (tertiary/aromatic N) is 1. The molecule has 4 nitrogen and oxygen atoms in total. The summed E-state index contributed by atoms with van der Waals surface area (Å²) in [6.07, 6.45) is 4.23. The van der Waals surface area contributed by atoms with Crippen LogP contribution < -0.4 is 17.0 Å². The Morgan fingerprint density at radius 2 is 2.29 bits per heavy atom. The van der Waals surface area contributed by atoms with Crippen LogP contribution in [0.25, 0.3) is 0 Å². The molecule has 2 aromatic heterocycles. The maximum Gasteiger partial charge on any atom is 0.0512 e. The number of rotatable bonds is 4. The molecule has 0 fully saturated rings. The van der Waals surface area contributed by atoms with E-state index >= 15 is 0 Å². The zero-order chi connectivity index (χ0) is 12.3. The van der Waals surface area contributed by atoms with E-state index in [9.17, 15) is 0 Å². The molecular formula is C12H16N4S. The molecule has 0 saturated carbocycles. The number of anilines is 1. The Hall–Kier alpha value is -1.43. The molecule has 1 atom stereocenters. The third-order valence-corrected chi connectivity index (χ3v) is 3.72. The standard InChI is InChI=1S/C12H16N4S/c1-8-6-17-7-10(8)12(16-14)4-9-5-15-3-2-11(9)13/h2-3,5-7,12,16H,4,14H2,1H3,(H2,13,15). The van der Waals surface area contributed by atoms with Gasteiger partial charge in [-0.2, -0.15) is 11.3 Å². The number of hydrogen-bond donors (Lipinski definition) is 3. The molecule has 17 heavy (non-hydrogen) atoms. The highest BCUT2D eigenvalue weighted by atomic mass is 32.1. The molecule has 0 amide bonds. The Kier molecular flexibility index (Phi) is 3.73. The van der Waals surface area contributed by atoms with Crippen LogP contribution in [0.5, 0.6) is 0 Å². The maximum absolute atomic E-state index is 5.91. The normalized spacial score (nSPS) is 12.6. The summed E-state index contributed by atoms with van der Waals surface area (Å²) >= 11 is 1.68. The van der Waals surface area contributed by atoms with E-state index in [1.807, 2.05) is 6.07 Å². The van der Waals surface area contributed by atoms with Crippen LogP contribution in [0.15, 0.2) is 29.2 Å². The van der Waals surface area contributed by atoms with E-state index in [4.69, 9.17) is 11.6 Å². The Morgan fingerprint density at radius 3 is 2.88 bits per heavy atom. The van der Waals surface area contributed by atoms with Crippen LogP contribution >= 0.6 is 11.3 Å². The van der Waals surface area contributed by atoms with Crippen LogP contribution in [-0.2, 0) is 6.42 Å². The molecule has 0 aliphatic carbocycles. The number of hydrazine groups is 1. The molecule has 0 aliphatic heterocycles. The highest BCUT2D eigenvalue weighted by Crippen LogP contribution is 2.25. The van der Waals surface area contributed by atoms with Crippen LogP contribution in [-0.4, -0.2) is 4.98 Å². The van der Waals surface area contributed by atoms with Gasteiger partial charge in [0.1, 0.15) is 0 Å². The van der Waals surface area contributed by atoms with E-state index in [0.29, 0.717) is 0 Å². The Morgan fingerprint density at radius 1 is 1.47 bits per heavy atom. The van der Waals surface area contributed by atoms with E-state index < -0.39 is 0 Å². The molecule has 0 aliphatic rings. The predicted molar refractivity (Wildman–Crippen MR) is 71.5 cm³/mol. The highest BCUT2D eigenvalue weighted by molar-refractivity contribution is 7.08. The summed E-state index contributed by atoms with van der Waals surface area (Å²) < 4.78 is 0. The van der Waals surface area contributed by atoms with Gasteiger partial charge in [-0.05, 0) is 46.9 Å². The third kappa shape index (κ3) is 2.63. The number of aromatic nitrogens is 1. The molecule has 2 aromatic rings. The fourth-order valence-electron chi connectivity index (χ4n) is 1.81. The average Bonchev–Trinajstić information content (AvgIpc) is 2.75. The van der Waals surface area contributed by atoms with E-state index in [1.54, 1.807) is 23.7 Å². The van der Waals surface area contributed by atoms with E-state index in [-0.39, 0.29) is 6.04 Å². The average molecular weight is 248 g/mol. The monoisotopic (exact) mass is 248 g/mol. The second kappa shape index (κ2) is 5.27. The van der Waals surface area contributed by atoms with E-state index in [1.165, 1.54) is 11.1 Å². The van der Waals surface area contributed by atoms with Crippen LogP contribution in [0.1, 0.15) is 22.7 Å². The number of nitrogens with two attached hydrogens (primary N) is 2. The number of nitrogens with one attached hydrogen (secondary N) is 1. The van der Waals surface area contributed by atoms with E-state index in [2.05, 4.69) is 28.1 Å². The minimum Gasteiger partial charge on any atom is -0.398 e. The van der Waals surface area contributed by atoms with Gasteiger partial charge in [0, 0.05) is 18.1 Å². The fourth-order valence-corrected chi connectivity index (χ4v) is 2.72. The van der Waals surface area contributed by atoms with Gasteiger partial charge in [-0.25, -0.2) is 0 Å². The summed E-state index contributed by atoms with van der Waals surface area (Å²) in [4.78, 5) is 4.09. The molecule has 0 spiro atoms. The number of hydrogen-bond acceptors (Lipinski definition) is 5. The van der Waals surface area contributed by atoms with Gasteiger partial charge in [0.2, 0.25) is 0 Å². The van der Waals surface area contributed by atoms with Crippen molar-refractivity contribution in [2.24, 2.45) is 5.84 Å². The smallest absolute Gasteiger partial charge is 0.0512 e. The largest absolute Gasteiger partial charge is 0.398 e. The summed E-state index contributed by atoms with van der Waals surface area (Å²) in [5.74, 6) is 5.62. The number of thiophene rings is 1. The first kappa shape index (κ1) is 12.0. The fraction of sp³-hybridized carbons (Fsp3) is 0.250. The summed E-state index contributed by atoms with van der Waals surface area (Å²) in [5.41, 5.74) is 13.0. The first-order valence-electron chi connectivity index (χ1n) is 5.39. The minimum atomic E-state index is 0.0766.